The molecule has 4 heteroatoms. The van der Waals surface area contributed by atoms with Crippen LogP contribution in [0.4, 0.5) is 0 Å². The predicted octanol–water partition coefficient (Wildman–Crippen LogP) is 0.0829. The summed E-state index contributed by atoms with van der Waals surface area (Å²) in [7, 11) is 0. The molecule has 2 radical (unpaired) electrons. The van der Waals surface area contributed by atoms with Gasteiger partial charge in [-0.3, -0.25) is 10.5 Å². The fourth-order valence-corrected chi connectivity index (χ4v) is 0. The van der Waals surface area contributed by atoms with E-state index in [4.69, 9.17) is 10.5 Å². The van der Waals surface area contributed by atoms with Crippen molar-refractivity contribution in [3.63, 3.8) is 0 Å². The number of unbranched alkanes of at least 4 members (excludes halogenated alkanes) is 1. The van der Waals surface area contributed by atoms with Crippen LogP contribution in [-0.4, -0.2) is 39.9 Å². The molecular weight excluding hydrogens is 215 g/mol. The Hall–Kier alpha value is 0.679. The van der Waals surface area contributed by atoms with E-state index >= 15 is 0 Å². The van der Waals surface area contributed by atoms with Crippen LogP contribution >= 0.6 is 0 Å². The number of hydrogen-bond acceptors (Lipinski definition) is 2. The van der Waals surface area contributed by atoms with Crippen LogP contribution in [0.3, 0.4) is 0 Å². The second-order valence-corrected chi connectivity index (χ2v) is 1.000. The minimum atomic E-state index is 0. The second-order valence-electron chi connectivity index (χ2n) is 1.000. The Bertz CT molecular complexity index is 13.2. The molecule has 0 aromatic carbocycles. The quantitative estimate of drug-likeness (QED) is 0.381. The molecule has 0 aromatic rings. The first-order chi connectivity index (χ1) is 2.91. The van der Waals surface area contributed by atoms with E-state index in [1.54, 1.807) is 0 Å². The summed E-state index contributed by atoms with van der Waals surface area (Å²) in [6, 6.07) is 0. The fraction of sp³-hybridized carbons (Fsp3) is 1.00. The van der Waals surface area contributed by atoms with Crippen molar-refractivity contribution in [2.45, 2.75) is 26.7 Å². The van der Waals surface area contributed by atoms with Crippen LogP contribution in [0.25, 0.3) is 0 Å². The minimum absolute atomic E-state index is 0. The Morgan fingerprint density at radius 3 is 1.12 bits per heavy atom. The van der Waals surface area contributed by atoms with Crippen molar-refractivity contribution in [1.29, 1.82) is 0 Å². The standard InChI is InChI=1S/C4H10.H2O2.H2O.Sn.2H/c1-3-4-2;1-2;;;;/h3-4H2,1-2H3;1-2H;1H2;;;. The predicted molar refractivity (Wildman–Crippen MR) is 38.0 cm³/mol. The van der Waals surface area contributed by atoms with Gasteiger partial charge in [-0.25, -0.2) is 0 Å². The summed E-state index contributed by atoms with van der Waals surface area (Å²) in [6.45, 7) is 4.36. The monoisotopic (exact) mass is 232 g/mol. The van der Waals surface area contributed by atoms with E-state index in [0.29, 0.717) is 0 Å². The molecule has 3 nitrogen and oxygen atoms in total. The third-order valence-electron chi connectivity index (χ3n) is 0.500. The van der Waals surface area contributed by atoms with Gasteiger partial charge in [0.05, 0.1) is 0 Å². The zero-order valence-electron chi connectivity index (χ0n) is 5.52. The summed E-state index contributed by atoms with van der Waals surface area (Å²) in [5.74, 6) is 0. The van der Waals surface area contributed by atoms with Gasteiger partial charge in [0.15, 0.2) is 0 Å². The van der Waals surface area contributed by atoms with Gasteiger partial charge < -0.3 is 5.48 Å². The summed E-state index contributed by atoms with van der Waals surface area (Å²) < 4.78 is 0. The van der Waals surface area contributed by atoms with Crippen LogP contribution in [0.1, 0.15) is 26.7 Å². The average molecular weight is 231 g/mol. The first kappa shape index (κ1) is 23.4. The summed E-state index contributed by atoms with van der Waals surface area (Å²) in [5, 5.41) is 12.0. The first-order valence-corrected chi connectivity index (χ1v) is 2.11. The van der Waals surface area contributed by atoms with Gasteiger partial charge in [-0.2, -0.15) is 0 Å². The molecule has 0 spiro atoms. The van der Waals surface area contributed by atoms with Gasteiger partial charge in [-0.15, -0.1) is 0 Å². The van der Waals surface area contributed by atoms with Crippen molar-refractivity contribution in [1.82, 2.24) is 0 Å². The molecule has 0 atom stereocenters. The summed E-state index contributed by atoms with van der Waals surface area (Å²) in [6.07, 6.45) is 2.64. The third-order valence-corrected chi connectivity index (χ3v) is 0.500. The van der Waals surface area contributed by atoms with Crippen LogP contribution in [0.15, 0.2) is 0 Å². The molecular formula is C4H16O3Sn. The van der Waals surface area contributed by atoms with E-state index in [0.717, 1.165) is 0 Å². The molecule has 4 N–H and O–H groups in total. The van der Waals surface area contributed by atoms with E-state index in [1.807, 2.05) is 0 Å². The third kappa shape index (κ3) is 76.4. The maximum absolute atomic E-state index is 6.00. The van der Waals surface area contributed by atoms with E-state index in [-0.39, 0.29) is 29.4 Å². The van der Waals surface area contributed by atoms with E-state index in [1.165, 1.54) is 12.8 Å². The molecule has 0 aliphatic carbocycles. The Balaban J connectivity index is -0.0000000183. The van der Waals surface area contributed by atoms with Crippen LogP contribution in [0.2, 0.25) is 0 Å². The molecule has 0 unspecified atom stereocenters. The van der Waals surface area contributed by atoms with E-state index in [2.05, 4.69) is 13.8 Å². The van der Waals surface area contributed by atoms with Crippen molar-refractivity contribution < 1.29 is 16.0 Å². The Labute approximate surface area is 66.9 Å². The van der Waals surface area contributed by atoms with Gasteiger partial charge in [0.1, 0.15) is 0 Å². The normalized spacial score (nSPS) is 4.50. The second kappa shape index (κ2) is 47.7. The summed E-state index contributed by atoms with van der Waals surface area (Å²) in [5.41, 5.74) is 0. The summed E-state index contributed by atoms with van der Waals surface area (Å²) in [4.78, 5) is 0. The molecule has 8 heavy (non-hydrogen) atoms. The van der Waals surface area contributed by atoms with Crippen molar-refractivity contribution in [3.8, 4) is 0 Å². The molecule has 0 amide bonds. The molecule has 0 aromatic heterocycles. The molecule has 0 heterocycles. The Morgan fingerprint density at radius 1 is 1.00 bits per heavy atom. The van der Waals surface area contributed by atoms with E-state index < -0.39 is 0 Å². The molecule has 54 valence electrons. The Morgan fingerprint density at radius 2 is 1.12 bits per heavy atom. The molecule has 0 bridgehead atoms. The van der Waals surface area contributed by atoms with Gasteiger partial charge in [-0.1, -0.05) is 26.7 Å². The number of rotatable bonds is 1. The average Bonchev–Trinajstić information content (AvgIpc) is 1.72. The zero-order valence-corrected chi connectivity index (χ0v) is 9.55. The molecule has 0 rings (SSSR count). The zero-order chi connectivity index (χ0) is 5.41. The molecule has 0 aliphatic heterocycles. The van der Waals surface area contributed by atoms with Gasteiger partial charge in [0.2, 0.25) is 0 Å². The molecule has 0 fully saturated rings. The molecule has 0 saturated carbocycles. The summed E-state index contributed by atoms with van der Waals surface area (Å²) >= 11 is 0. The Kier molecular flexibility index (Phi) is 139. The SMILES string of the molecule is CCCC.O.OO.[SnH2]. The van der Waals surface area contributed by atoms with Crippen molar-refractivity contribution in [2.75, 3.05) is 0 Å². The molecule has 0 aliphatic rings. The van der Waals surface area contributed by atoms with Crippen LogP contribution in [0.5, 0.6) is 0 Å². The van der Waals surface area contributed by atoms with Crippen molar-refractivity contribution in [2.24, 2.45) is 0 Å². The van der Waals surface area contributed by atoms with Crippen LogP contribution in [-0.2, 0) is 0 Å². The van der Waals surface area contributed by atoms with E-state index in [9.17, 15) is 0 Å². The van der Waals surface area contributed by atoms with Crippen molar-refractivity contribution in [3.05, 3.63) is 0 Å². The van der Waals surface area contributed by atoms with Gasteiger partial charge in [-0.05, 0) is 0 Å². The maximum atomic E-state index is 6.00. The van der Waals surface area contributed by atoms with Crippen molar-refractivity contribution >= 4 is 23.9 Å². The number of hydrogen-bond donors (Lipinski definition) is 2. The fourth-order valence-electron chi connectivity index (χ4n) is 0. The topological polar surface area (TPSA) is 72.0 Å². The molecule has 0 saturated heterocycles. The van der Waals surface area contributed by atoms with Crippen LogP contribution < -0.4 is 0 Å². The first-order valence-electron chi connectivity index (χ1n) is 2.11. The van der Waals surface area contributed by atoms with Crippen LogP contribution in [0, 0.1) is 0 Å². The van der Waals surface area contributed by atoms with Gasteiger partial charge in [0.25, 0.3) is 0 Å². The van der Waals surface area contributed by atoms with Gasteiger partial charge >= 0.3 is 23.9 Å². The van der Waals surface area contributed by atoms with Gasteiger partial charge in [0, 0.05) is 0 Å².